The Labute approximate surface area is 151 Å². The minimum absolute atomic E-state index is 0.0549. The molecule has 1 aliphatic rings. The molecular formula is C17H23N5O2S. The van der Waals surface area contributed by atoms with Crippen LogP contribution in [0.5, 0.6) is 0 Å². The molecule has 1 saturated heterocycles. The molecule has 134 valence electrons. The van der Waals surface area contributed by atoms with E-state index in [0.29, 0.717) is 11.7 Å². The molecule has 0 bridgehead atoms. The van der Waals surface area contributed by atoms with Gasteiger partial charge in [0.05, 0.1) is 18.4 Å². The highest BCUT2D eigenvalue weighted by molar-refractivity contribution is 7.99. The number of thioether (sulfide) groups is 1. The van der Waals surface area contributed by atoms with E-state index in [-0.39, 0.29) is 17.8 Å². The maximum Gasteiger partial charge on any atom is 0.234 e. The molecule has 1 amide bonds. The molecule has 1 atom stereocenters. The standard InChI is InChI=1S/C17H23N5O2S/c1-3-13-7-4-6-12(2)16(13)18-15(23)11-25-17-19-20-21-22(17)10-14-8-5-9-24-14/h4,6-7,14H,3,5,8-11H2,1-2H3,(H,18,23). The summed E-state index contributed by atoms with van der Waals surface area (Å²) < 4.78 is 7.34. The summed E-state index contributed by atoms with van der Waals surface area (Å²) in [7, 11) is 0. The number of nitrogens with one attached hydrogen (secondary N) is 1. The van der Waals surface area contributed by atoms with Crippen molar-refractivity contribution < 1.29 is 9.53 Å². The van der Waals surface area contributed by atoms with Crippen molar-refractivity contribution in [1.82, 2.24) is 20.2 Å². The number of aryl methyl sites for hydroxylation is 2. The van der Waals surface area contributed by atoms with Crippen LogP contribution in [-0.2, 0) is 22.5 Å². The number of rotatable bonds is 7. The summed E-state index contributed by atoms with van der Waals surface area (Å²) in [6, 6.07) is 6.06. The fraction of sp³-hybridized carbons (Fsp3) is 0.529. The van der Waals surface area contributed by atoms with E-state index in [0.717, 1.165) is 42.7 Å². The van der Waals surface area contributed by atoms with Crippen LogP contribution in [0.15, 0.2) is 23.4 Å². The fourth-order valence-electron chi connectivity index (χ4n) is 2.90. The zero-order valence-corrected chi connectivity index (χ0v) is 15.4. The minimum atomic E-state index is -0.0549. The lowest BCUT2D eigenvalue weighted by molar-refractivity contribution is -0.113. The number of aromatic nitrogens is 4. The monoisotopic (exact) mass is 361 g/mol. The van der Waals surface area contributed by atoms with Crippen molar-refractivity contribution in [2.24, 2.45) is 0 Å². The summed E-state index contributed by atoms with van der Waals surface area (Å²) in [5.74, 6) is 0.212. The normalized spacial score (nSPS) is 17.0. The van der Waals surface area contributed by atoms with Crippen molar-refractivity contribution in [3.63, 3.8) is 0 Å². The van der Waals surface area contributed by atoms with E-state index >= 15 is 0 Å². The lowest BCUT2D eigenvalue weighted by atomic mass is 10.1. The Kier molecular flexibility index (Phi) is 6.04. The molecular weight excluding hydrogens is 338 g/mol. The number of para-hydroxylation sites is 1. The van der Waals surface area contributed by atoms with Crippen molar-refractivity contribution in [2.75, 3.05) is 17.7 Å². The van der Waals surface area contributed by atoms with Gasteiger partial charge >= 0.3 is 0 Å². The highest BCUT2D eigenvalue weighted by Gasteiger charge is 2.19. The third kappa shape index (κ3) is 4.58. The average Bonchev–Trinajstić information content (AvgIpc) is 3.27. The molecule has 0 aliphatic carbocycles. The van der Waals surface area contributed by atoms with Gasteiger partial charge in [0.2, 0.25) is 11.1 Å². The number of amides is 1. The summed E-state index contributed by atoms with van der Waals surface area (Å²) in [4.78, 5) is 12.3. The van der Waals surface area contributed by atoms with Gasteiger partial charge in [-0.15, -0.1) is 5.10 Å². The van der Waals surface area contributed by atoms with E-state index in [9.17, 15) is 4.79 Å². The van der Waals surface area contributed by atoms with Gasteiger partial charge < -0.3 is 10.1 Å². The highest BCUT2D eigenvalue weighted by Crippen LogP contribution is 2.22. The average molecular weight is 361 g/mol. The van der Waals surface area contributed by atoms with Crippen molar-refractivity contribution >= 4 is 23.4 Å². The van der Waals surface area contributed by atoms with Crippen LogP contribution in [0, 0.1) is 6.92 Å². The van der Waals surface area contributed by atoms with Gasteiger partial charge in [0.1, 0.15) is 0 Å². The number of tetrazole rings is 1. The highest BCUT2D eigenvalue weighted by atomic mass is 32.2. The second-order valence-corrected chi connectivity index (χ2v) is 7.02. The van der Waals surface area contributed by atoms with E-state index in [1.54, 1.807) is 4.68 Å². The number of ether oxygens (including phenoxy) is 1. The van der Waals surface area contributed by atoms with Crippen LogP contribution in [0.2, 0.25) is 0 Å². The van der Waals surface area contributed by atoms with Crippen LogP contribution >= 0.6 is 11.8 Å². The molecule has 0 radical (unpaired) electrons. The molecule has 1 aliphatic heterocycles. The molecule has 1 unspecified atom stereocenters. The van der Waals surface area contributed by atoms with Gasteiger partial charge in [0.25, 0.3) is 0 Å². The zero-order valence-electron chi connectivity index (χ0n) is 14.6. The second kappa shape index (κ2) is 8.44. The number of hydrogen-bond donors (Lipinski definition) is 1. The number of hydrogen-bond acceptors (Lipinski definition) is 6. The third-order valence-corrected chi connectivity index (χ3v) is 5.19. The summed E-state index contributed by atoms with van der Waals surface area (Å²) in [6.07, 6.45) is 3.14. The maximum absolute atomic E-state index is 12.3. The van der Waals surface area contributed by atoms with Crippen LogP contribution in [0.4, 0.5) is 5.69 Å². The van der Waals surface area contributed by atoms with Gasteiger partial charge in [-0.1, -0.05) is 36.9 Å². The third-order valence-electron chi connectivity index (χ3n) is 4.24. The Morgan fingerprint density at radius 1 is 1.48 bits per heavy atom. The number of carbonyl (C=O) groups excluding carboxylic acids is 1. The Balaban J connectivity index is 1.57. The molecule has 8 heteroatoms. The Hall–Kier alpha value is -1.93. The van der Waals surface area contributed by atoms with Gasteiger partial charge in [-0.3, -0.25) is 4.79 Å². The quantitative estimate of drug-likeness (QED) is 0.763. The van der Waals surface area contributed by atoms with Gasteiger partial charge in [0, 0.05) is 12.3 Å². The molecule has 3 rings (SSSR count). The van der Waals surface area contributed by atoms with Crippen molar-refractivity contribution in [3.05, 3.63) is 29.3 Å². The molecule has 1 fully saturated rings. The lowest BCUT2D eigenvalue weighted by Gasteiger charge is -2.13. The maximum atomic E-state index is 12.3. The van der Waals surface area contributed by atoms with Crippen LogP contribution in [0.1, 0.15) is 30.9 Å². The lowest BCUT2D eigenvalue weighted by Crippen LogP contribution is -2.19. The van der Waals surface area contributed by atoms with E-state index in [4.69, 9.17) is 4.74 Å². The first-order chi connectivity index (χ1) is 12.2. The molecule has 2 heterocycles. The molecule has 1 aromatic carbocycles. The Bertz CT molecular complexity index is 728. The first-order valence-electron chi connectivity index (χ1n) is 8.56. The molecule has 0 spiro atoms. The molecule has 0 saturated carbocycles. The fourth-order valence-corrected chi connectivity index (χ4v) is 3.59. The molecule has 1 aromatic heterocycles. The largest absolute Gasteiger partial charge is 0.376 e. The van der Waals surface area contributed by atoms with Crippen molar-refractivity contribution in [2.45, 2.75) is 50.9 Å². The summed E-state index contributed by atoms with van der Waals surface area (Å²) >= 11 is 1.34. The Morgan fingerprint density at radius 2 is 2.36 bits per heavy atom. The number of anilines is 1. The topological polar surface area (TPSA) is 81.9 Å². The molecule has 25 heavy (non-hydrogen) atoms. The molecule has 2 aromatic rings. The molecule has 1 N–H and O–H groups in total. The zero-order chi connectivity index (χ0) is 17.6. The number of nitrogens with zero attached hydrogens (tertiary/aromatic N) is 4. The van der Waals surface area contributed by atoms with Crippen LogP contribution < -0.4 is 5.32 Å². The van der Waals surface area contributed by atoms with Crippen LogP contribution in [0.3, 0.4) is 0 Å². The van der Waals surface area contributed by atoms with Crippen molar-refractivity contribution in [3.8, 4) is 0 Å². The predicted octanol–water partition coefficient (Wildman–Crippen LogP) is 2.45. The van der Waals surface area contributed by atoms with Crippen LogP contribution in [0.25, 0.3) is 0 Å². The summed E-state index contributed by atoms with van der Waals surface area (Å²) in [5.41, 5.74) is 3.12. The minimum Gasteiger partial charge on any atom is -0.376 e. The summed E-state index contributed by atoms with van der Waals surface area (Å²) in [5, 5.41) is 15.4. The Morgan fingerprint density at radius 3 is 3.12 bits per heavy atom. The first kappa shape index (κ1) is 17.9. The smallest absolute Gasteiger partial charge is 0.234 e. The van der Waals surface area contributed by atoms with Crippen LogP contribution in [-0.4, -0.2) is 44.6 Å². The van der Waals surface area contributed by atoms with E-state index in [1.807, 2.05) is 25.1 Å². The first-order valence-corrected chi connectivity index (χ1v) is 9.55. The number of benzene rings is 1. The van der Waals surface area contributed by atoms with E-state index in [1.165, 1.54) is 11.8 Å². The van der Waals surface area contributed by atoms with Gasteiger partial charge in [-0.05, 0) is 47.7 Å². The second-order valence-electron chi connectivity index (χ2n) is 6.08. The van der Waals surface area contributed by atoms with Crippen molar-refractivity contribution in [1.29, 1.82) is 0 Å². The van der Waals surface area contributed by atoms with Gasteiger partial charge in [0.15, 0.2) is 0 Å². The van der Waals surface area contributed by atoms with E-state index < -0.39 is 0 Å². The molecule has 7 nitrogen and oxygen atoms in total. The van der Waals surface area contributed by atoms with Gasteiger partial charge in [-0.25, -0.2) is 4.68 Å². The van der Waals surface area contributed by atoms with Gasteiger partial charge in [-0.2, -0.15) is 0 Å². The predicted molar refractivity (Wildman–Crippen MR) is 96.7 cm³/mol. The van der Waals surface area contributed by atoms with E-state index in [2.05, 4.69) is 27.8 Å². The summed E-state index contributed by atoms with van der Waals surface area (Å²) in [6.45, 7) is 5.52. The number of carbonyl (C=O) groups is 1. The SMILES string of the molecule is CCc1cccc(C)c1NC(=O)CSc1nnnn1CC1CCCO1.